The SMILES string of the molecule is CCCc1cc(OC)c(CCN)cc1Cl. The van der Waals surface area contributed by atoms with Crippen molar-refractivity contribution in [2.75, 3.05) is 13.7 Å². The molecule has 0 spiro atoms. The molecule has 0 radical (unpaired) electrons. The standard InChI is InChI=1S/C12H18ClNO/c1-3-4-9-8-12(15-2)10(5-6-14)7-11(9)13/h7-8H,3-6,14H2,1-2H3. The van der Waals surface area contributed by atoms with E-state index in [2.05, 4.69) is 6.92 Å². The Morgan fingerprint density at radius 2 is 2.00 bits per heavy atom. The molecular weight excluding hydrogens is 210 g/mol. The number of halogens is 1. The fourth-order valence-electron chi connectivity index (χ4n) is 1.64. The molecule has 2 N–H and O–H groups in total. The van der Waals surface area contributed by atoms with Crippen molar-refractivity contribution in [2.45, 2.75) is 26.2 Å². The van der Waals surface area contributed by atoms with Gasteiger partial charge in [-0.3, -0.25) is 0 Å². The van der Waals surface area contributed by atoms with Gasteiger partial charge in [-0.2, -0.15) is 0 Å². The zero-order chi connectivity index (χ0) is 11.3. The Kier molecular flexibility index (Phi) is 4.92. The van der Waals surface area contributed by atoms with Gasteiger partial charge < -0.3 is 10.5 Å². The van der Waals surface area contributed by atoms with Crippen LogP contribution < -0.4 is 10.5 Å². The first kappa shape index (κ1) is 12.3. The second-order valence-electron chi connectivity index (χ2n) is 3.54. The number of methoxy groups -OCH3 is 1. The van der Waals surface area contributed by atoms with Gasteiger partial charge in [-0.25, -0.2) is 0 Å². The fourth-order valence-corrected chi connectivity index (χ4v) is 1.92. The minimum Gasteiger partial charge on any atom is -0.496 e. The molecule has 0 aromatic heterocycles. The molecule has 0 atom stereocenters. The van der Waals surface area contributed by atoms with Crippen molar-refractivity contribution in [1.82, 2.24) is 0 Å². The van der Waals surface area contributed by atoms with Crippen LogP contribution in [0.3, 0.4) is 0 Å². The minimum atomic E-state index is 0.611. The molecule has 84 valence electrons. The summed E-state index contributed by atoms with van der Waals surface area (Å²) in [7, 11) is 1.68. The smallest absolute Gasteiger partial charge is 0.122 e. The average Bonchev–Trinajstić information content (AvgIpc) is 2.22. The summed E-state index contributed by atoms with van der Waals surface area (Å²) >= 11 is 6.18. The lowest BCUT2D eigenvalue weighted by molar-refractivity contribution is 0.409. The molecule has 0 unspecified atom stereocenters. The highest BCUT2D eigenvalue weighted by atomic mass is 35.5. The maximum Gasteiger partial charge on any atom is 0.122 e. The topological polar surface area (TPSA) is 35.2 Å². The third kappa shape index (κ3) is 3.11. The second kappa shape index (κ2) is 5.99. The Hall–Kier alpha value is -0.730. The zero-order valence-electron chi connectivity index (χ0n) is 9.35. The maximum atomic E-state index is 6.18. The fraction of sp³-hybridized carbons (Fsp3) is 0.500. The summed E-state index contributed by atoms with van der Waals surface area (Å²) in [5, 5.41) is 0.820. The first-order valence-electron chi connectivity index (χ1n) is 5.28. The Morgan fingerprint density at radius 1 is 1.27 bits per heavy atom. The molecule has 1 aromatic carbocycles. The van der Waals surface area contributed by atoms with E-state index in [1.807, 2.05) is 12.1 Å². The first-order valence-corrected chi connectivity index (χ1v) is 5.66. The van der Waals surface area contributed by atoms with Crippen molar-refractivity contribution in [1.29, 1.82) is 0 Å². The van der Waals surface area contributed by atoms with Crippen molar-refractivity contribution in [3.05, 3.63) is 28.3 Å². The van der Waals surface area contributed by atoms with Gasteiger partial charge in [0, 0.05) is 5.02 Å². The lowest BCUT2D eigenvalue weighted by Crippen LogP contribution is -2.05. The van der Waals surface area contributed by atoms with E-state index in [4.69, 9.17) is 22.1 Å². The number of benzene rings is 1. The monoisotopic (exact) mass is 227 g/mol. The van der Waals surface area contributed by atoms with Gasteiger partial charge in [0.25, 0.3) is 0 Å². The van der Waals surface area contributed by atoms with Crippen LogP contribution in [-0.4, -0.2) is 13.7 Å². The van der Waals surface area contributed by atoms with Gasteiger partial charge in [-0.1, -0.05) is 24.9 Å². The second-order valence-corrected chi connectivity index (χ2v) is 3.95. The molecule has 0 heterocycles. The molecule has 0 saturated carbocycles. The number of nitrogens with two attached hydrogens (primary N) is 1. The molecule has 0 amide bonds. The van der Waals surface area contributed by atoms with Crippen molar-refractivity contribution >= 4 is 11.6 Å². The van der Waals surface area contributed by atoms with Crippen molar-refractivity contribution in [2.24, 2.45) is 5.73 Å². The first-order chi connectivity index (χ1) is 7.22. The number of hydrogen-bond acceptors (Lipinski definition) is 2. The third-order valence-electron chi connectivity index (χ3n) is 2.38. The molecule has 1 rings (SSSR count). The molecule has 2 nitrogen and oxygen atoms in total. The predicted molar refractivity (Wildman–Crippen MR) is 64.8 cm³/mol. The summed E-state index contributed by atoms with van der Waals surface area (Å²) < 4.78 is 5.33. The molecule has 0 aliphatic carbocycles. The van der Waals surface area contributed by atoms with Gasteiger partial charge in [0.15, 0.2) is 0 Å². The van der Waals surface area contributed by atoms with Crippen LogP contribution in [0.25, 0.3) is 0 Å². The van der Waals surface area contributed by atoms with E-state index in [9.17, 15) is 0 Å². The van der Waals surface area contributed by atoms with Crippen molar-refractivity contribution < 1.29 is 4.74 Å². The van der Waals surface area contributed by atoms with Crippen LogP contribution in [0.2, 0.25) is 5.02 Å². The van der Waals surface area contributed by atoms with Gasteiger partial charge in [0.2, 0.25) is 0 Å². The van der Waals surface area contributed by atoms with Gasteiger partial charge in [-0.05, 0) is 42.6 Å². The van der Waals surface area contributed by atoms with Crippen LogP contribution in [0.15, 0.2) is 12.1 Å². The summed E-state index contributed by atoms with van der Waals surface area (Å²) in [6.45, 7) is 2.75. The quantitative estimate of drug-likeness (QED) is 0.840. The lowest BCUT2D eigenvalue weighted by atomic mass is 10.0. The summed E-state index contributed by atoms with van der Waals surface area (Å²) in [5.74, 6) is 0.897. The lowest BCUT2D eigenvalue weighted by Gasteiger charge is -2.11. The van der Waals surface area contributed by atoms with E-state index in [-0.39, 0.29) is 0 Å². The number of rotatable bonds is 5. The van der Waals surface area contributed by atoms with E-state index in [0.717, 1.165) is 41.2 Å². The molecule has 0 fully saturated rings. The Bertz CT molecular complexity index is 326. The van der Waals surface area contributed by atoms with E-state index in [0.29, 0.717) is 6.54 Å². The maximum absolute atomic E-state index is 6.18. The summed E-state index contributed by atoms with van der Waals surface area (Å²) in [6.07, 6.45) is 2.87. The number of ether oxygens (including phenoxy) is 1. The number of hydrogen-bond donors (Lipinski definition) is 1. The largest absolute Gasteiger partial charge is 0.496 e. The van der Waals surface area contributed by atoms with Crippen LogP contribution in [-0.2, 0) is 12.8 Å². The molecule has 0 bridgehead atoms. The van der Waals surface area contributed by atoms with Crippen LogP contribution >= 0.6 is 11.6 Å². The molecule has 15 heavy (non-hydrogen) atoms. The van der Waals surface area contributed by atoms with Crippen molar-refractivity contribution in [3.63, 3.8) is 0 Å². The highest BCUT2D eigenvalue weighted by Gasteiger charge is 2.08. The summed E-state index contributed by atoms with van der Waals surface area (Å²) in [6, 6.07) is 4.00. The highest BCUT2D eigenvalue weighted by Crippen LogP contribution is 2.28. The predicted octanol–water partition coefficient (Wildman–Crippen LogP) is 2.80. The van der Waals surface area contributed by atoms with E-state index in [1.165, 1.54) is 0 Å². The molecule has 0 saturated heterocycles. The van der Waals surface area contributed by atoms with Crippen molar-refractivity contribution in [3.8, 4) is 5.75 Å². The average molecular weight is 228 g/mol. The third-order valence-corrected chi connectivity index (χ3v) is 2.73. The van der Waals surface area contributed by atoms with E-state index >= 15 is 0 Å². The summed E-state index contributed by atoms with van der Waals surface area (Å²) in [5.41, 5.74) is 7.77. The molecule has 3 heteroatoms. The van der Waals surface area contributed by atoms with Gasteiger partial charge in [0.1, 0.15) is 5.75 Å². The molecule has 0 aliphatic heterocycles. The van der Waals surface area contributed by atoms with Gasteiger partial charge in [-0.15, -0.1) is 0 Å². The van der Waals surface area contributed by atoms with Crippen LogP contribution in [0.1, 0.15) is 24.5 Å². The molecule has 0 aliphatic rings. The minimum absolute atomic E-state index is 0.611. The Balaban J connectivity index is 3.04. The molecular formula is C12H18ClNO. The van der Waals surface area contributed by atoms with Crippen LogP contribution in [0.5, 0.6) is 5.75 Å². The molecule has 1 aromatic rings. The highest BCUT2D eigenvalue weighted by molar-refractivity contribution is 6.31. The van der Waals surface area contributed by atoms with Gasteiger partial charge >= 0.3 is 0 Å². The Labute approximate surface area is 96.4 Å². The number of aryl methyl sites for hydroxylation is 1. The van der Waals surface area contributed by atoms with Gasteiger partial charge in [0.05, 0.1) is 7.11 Å². The zero-order valence-corrected chi connectivity index (χ0v) is 10.1. The van der Waals surface area contributed by atoms with E-state index < -0.39 is 0 Å². The van der Waals surface area contributed by atoms with Crippen LogP contribution in [0, 0.1) is 0 Å². The normalized spacial score (nSPS) is 10.4. The van der Waals surface area contributed by atoms with E-state index in [1.54, 1.807) is 7.11 Å². The Morgan fingerprint density at radius 3 is 2.53 bits per heavy atom. The van der Waals surface area contributed by atoms with Crippen LogP contribution in [0.4, 0.5) is 0 Å². The summed E-state index contributed by atoms with van der Waals surface area (Å²) in [4.78, 5) is 0.